The van der Waals surface area contributed by atoms with E-state index in [4.69, 9.17) is 17.3 Å². The number of nitrogens with two attached hydrogens (primary N) is 1. The molecular weight excluding hydrogens is 381 g/mol. The number of nitrogens with zero attached hydrogens (tertiary/aromatic N) is 5. The zero-order valence-corrected chi connectivity index (χ0v) is 14.9. The highest BCUT2D eigenvalue weighted by molar-refractivity contribution is 6.30. The standard InChI is InChI=1S/C17H16ClF3N6/c18-9-5-23-15(24-6-9)8-27-16-12(21)3-10(19)4-14(16)25-17(27)26-2-1-11(20)13(22)7-26/h3-6,11,13H,1-2,7-8,22H2/t11-,13-/m1/s1. The molecule has 142 valence electrons. The summed E-state index contributed by atoms with van der Waals surface area (Å²) in [6.45, 7) is 0.677. The number of imidazole rings is 1. The third-order valence-corrected chi connectivity index (χ3v) is 4.76. The maximum absolute atomic E-state index is 14.5. The van der Waals surface area contributed by atoms with Gasteiger partial charge in [-0.3, -0.25) is 4.57 Å². The third kappa shape index (κ3) is 3.44. The van der Waals surface area contributed by atoms with Gasteiger partial charge in [-0.15, -0.1) is 0 Å². The monoisotopic (exact) mass is 396 g/mol. The Bertz CT molecular complexity index is 977. The molecule has 27 heavy (non-hydrogen) atoms. The molecular formula is C17H16ClF3N6. The molecule has 0 bridgehead atoms. The highest BCUT2D eigenvalue weighted by atomic mass is 35.5. The molecule has 2 aromatic heterocycles. The fourth-order valence-corrected chi connectivity index (χ4v) is 3.36. The minimum absolute atomic E-state index is 0.0936. The number of aromatic nitrogens is 4. The summed E-state index contributed by atoms with van der Waals surface area (Å²) in [7, 11) is 0. The van der Waals surface area contributed by atoms with Gasteiger partial charge in [-0.2, -0.15) is 0 Å². The van der Waals surface area contributed by atoms with Gasteiger partial charge in [0.25, 0.3) is 0 Å². The van der Waals surface area contributed by atoms with E-state index in [0.29, 0.717) is 23.3 Å². The number of hydrogen-bond donors (Lipinski definition) is 1. The van der Waals surface area contributed by atoms with Crippen molar-refractivity contribution in [1.29, 1.82) is 0 Å². The van der Waals surface area contributed by atoms with Crippen molar-refractivity contribution in [3.8, 4) is 0 Å². The van der Waals surface area contributed by atoms with E-state index in [9.17, 15) is 13.2 Å². The molecule has 1 aliphatic rings. The maximum Gasteiger partial charge on any atom is 0.207 e. The fourth-order valence-electron chi connectivity index (χ4n) is 3.26. The Labute approximate surface area is 157 Å². The van der Waals surface area contributed by atoms with Gasteiger partial charge in [0, 0.05) is 37.6 Å². The molecule has 1 aromatic carbocycles. The predicted molar refractivity (Wildman–Crippen MR) is 95.5 cm³/mol. The molecule has 0 aliphatic carbocycles. The summed E-state index contributed by atoms with van der Waals surface area (Å²) in [5.41, 5.74) is 6.13. The van der Waals surface area contributed by atoms with Crippen LogP contribution < -0.4 is 10.6 Å². The third-order valence-electron chi connectivity index (χ3n) is 4.57. The quantitative estimate of drug-likeness (QED) is 0.737. The molecule has 1 saturated heterocycles. The molecule has 0 amide bonds. The van der Waals surface area contributed by atoms with Crippen molar-refractivity contribution < 1.29 is 13.2 Å². The van der Waals surface area contributed by atoms with Gasteiger partial charge in [-0.1, -0.05) is 11.6 Å². The average Bonchev–Trinajstić information content (AvgIpc) is 2.97. The van der Waals surface area contributed by atoms with Crippen LogP contribution in [0.2, 0.25) is 5.02 Å². The summed E-state index contributed by atoms with van der Waals surface area (Å²) >= 11 is 5.81. The van der Waals surface area contributed by atoms with Crippen LogP contribution in [-0.4, -0.2) is 44.8 Å². The van der Waals surface area contributed by atoms with E-state index >= 15 is 0 Å². The molecule has 2 N–H and O–H groups in total. The summed E-state index contributed by atoms with van der Waals surface area (Å²) in [6, 6.07) is 1.27. The number of fused-ring (bicyclic) bond motifs is 1. The maximum atomic E-state index is 14.5. The van der Waals surface area contributed by atoms with Gasteiger partial charge in [-0.25, -0.2) is 28.1 Å². The topological polar surface area (TPSA) is 72.9 Å². The molecule has 2 atom stereocenters. The Kier molecular flexibility index (Phi) is 4.65. The second kappa shape index (κ2) is 6.97. The summed E-state index contributed by atoms with van der Waals surface area (Å²) < 4.78 is 43.5. The normalized spacial score (nSPS) is 20.4. The Hall–Kier alpha value is -2.39. The number of rotatable bonds is 3. The fraction of sp³-hybridized carbons (Fsp3) is 0.353. The predicted octanol–water partition coefficient (Wildman–Crippen LogP) is 2.68. The van der Waals surface area contributed by atoms with E-state index in [2.05, 4.69) is 15.0 Å². The Morgan fingerprint density at radius 3 is 2.67 bits per heavy atom. The zero-order valence-electron chi connectivity index (χ0n) is 14.1. The SMILES string of the molecule is N[C@@H]1CN(c2nc3cc(F)cc(F)c3n2Cc2ncc(Cl)cn2)CC[C@H]1F. The first-order chi connectivity index (χ1) is 12.9. The smallest absolute Gasteiger partial charge is 0.207 e. The van der Waals surface area contributed by atoms with E-state index in [1.807, 2.05) is 0 Å². The van der Waals surface area contributed by atoms with Gasteiger partial charge in [0.1, 0.15) is 23.3 Å². The molecule has 0 saturated carbocycles. The molecule has 0 radical (unpaired) electrons. The summed E-state index contributed by atoms with van der Waals surface area (Å²) in [6.07, 6.45) is 2.00. The molecule has 3 aromatic rings. The van der Waals surface area contributed by atoms with Crippen molar-refractivity contribution in [2.75, 3.05) is 18.0 Å². The minimum Gasteiger partial charge on any atom is -0.340 e. The van der Waals surface area contributed by atoms with Gasteiger partial charge >= 0.3 is 0 Å². The largest absolute Gasteiger partial charge is 0.340 e. The lowest BCUT2D eigenvalue weighted by molar-refractivity contribution is 0.243. The number of anilines is 1. The van der Waals surface area contributed by atoms with E-state index in [1.165, 1.54) is 12.4 Å². The van der Waals surface area contributed by atoms with Gasteiger partial charge in [0.2, 0.25) is 5.95 Å². The highest BCUT2D eigenvalue weighted by Crippen LogP contribution is 2.29. The van der Waals surface area contributed by atoms with E-state index in [0.717, 1.165) is 12.1 Å². The summed E-state index contributed by atoms with van der Waals surface area (Å²) in [4.78, 5) is 14.4. The molecule has 3 heterocycles. The molecule has 4 rings (SSSR count). The first-order valence-corrected chi connectivity index (χ1v) is 8.76. The van der Waals surface area contributed by atoms with Crippen LogP contribution in [0.4, 0.5) is 19.1 Å². The van der Waals surface area contributed by atoms with E-state index in [-0.39, 0.29) is 30.5 Å². The highest BCUT2D eigenvalue weighted by Gasteiger charge is 2.30. The summed E-state index contributed by atoms with van der Waals surface area (Å²) in [5.74, 6) is -0.718. The Balaban J connectivity index is 1.82. The van der Waals surface area contributed by atoms with Crippen LogP contribution in [0.15, 0.2) is 24.5 Å². The van der Waals surface area contributed by atoms with Gasteiger partial charge in [0.15, 0.2) is 5.82 Å². The zero-order chi connectivity index (χ0) is 19.1. The van der Waals surface area contributed by atoms with Gasteiger partial charge in [-0.05, 0) is 6.42 Å². The lowest BCUT2D eigenvalue weighted by Gasteiger charge is -2.34. The van der Waals surface area contributed by atoms with Crippen molar-refractivity contribution >= 4 is 28.6 Å². The first kappa shape index (κ1) is 18.0. The average molecular weight is 397 g/mol. The second-order valence-corrected chi connectivity index (χ2v) is 6.92. The van der Waals surface area contributed by atoms with E-state index in [1.54, 1.807) is 9.47 Å². The van der Waals surface area contributed by atoms with E-state index < -0.39 is 23.8 Å². The summed E-state index contributed by atoms with van der Waals surface area (Å²) in [5, 5.41) is 0.374. The molecule has 1 aliphatic heterocycles. The van der Waals surface area contributed by atoms with Crippen LogP contribution in [0.1, 0.15) is 12.2 Å². The molecule has 6 nitrogen and oxygen atoms in total. The number of piperidine rings is 1. The van der Waals surface area contributed by atoms with Gasteiger partial charge < -0.3 is 10.6 Å². The lowest BCUT2D eigenvalue weighted by Crippen LogP contribution is -2.50. The Morgan fingerprint density at radius 2 is 1.96 bits per heavy atom. The number of benzene rings is 1. The molecule has 0 spiro atoms. The number of alkyl halides is 1. The molecule has 10 heteroatoms. The van der Waals surface area contributed by atoms with Crippen LogP contribution in [0.25, 0.3) is 11.0 Å². The molecule has 0 unspecified atom stereocenters. The Morgan fingerprint density at radius 1 is 1.22 bits per heavy atom. The van der Waals surface area contributed by atoms with Gasteiger partial charge in [0.05, 0.1) is 23.1 Å². The van der Waals surface area contributed by atoms with Crippen molar-refractivity contribution in [3.63, 3.8) is 0 Å². The van der Waals surface area contributed by atoms with Crippen LogP contribution in [0.3, 0.4) is 0 Å². The minimum atomic E-state index is -1.10. The van der Waals surface area contributed by atoms with Crippen LogP contribution in [-0.2, 0) is 6.54 Å². The second-order valence-electron chi connectivity index (χ2n) is 6.49. The van der Waals surface area contributed by atoms with Crippen molar-refractivity contribution in [2.45, 2.75) is 25.2 Å². The van der Waals surface area contributed by atoms with Crippen LogP contribution in [0.5, 0.6) is 0 Å². The van der Waals surface area contributed by atoms with Crippen molar-refractivity contribution in [3.05, 3.63) is 47.0 Å². The van der Waals surface area contributed by atoms with Crippen molar-refractivity contribution in [2.24, 2.45) is 5.73 Å². The van der Waals surface area contributed by atoms with Crippen molar-refractivity contribution in [1.82, 2.24) is 19.5 Å². The first-order valence-electron chi connectivity index (χ1n) is 8.38. The molecule has 1 fully saturated rings. The lowest BCUT2D eigenvalue weighted by atomic mass is 10.1. The van der Waals surface area contributed by atoms with Crippen LogP contribution >= 0.6 is 11.6 Å². The van der Waals surface area contributed by atoms with Crippen LogP contribution in [0, 0.1) is 11.6 Å². The number of halogens is 4. The number of hydrogen-bond acceptors (Lipinski definition) is 5.